The highest BCUT2D eigenvalue weighted by Gasteiger charge is 2.19. The van der Waals surface area contributed by atoms with Crippen molar-refractivity contribution in [1.29, 1.82) is 0 Å². The molecule has 1 heterocycles. The van der Waals surface area contributed by atoms with Crippen LogP contribution in [0.15, 0.2) is 6.20 Å². The van der Waals surface area contributed by atoms with E-state index >= 15 is 0 Å². The third-order valence-corrected chi connectivity index (χ3v) is 2.86. The Labute approximate surface area is 77.5 Å². The number of H-pyrrole nitrogens is 1. The maximum absolute atomic E-state index is 10.7. The predicted molar refractivity (Wildman–Crippen MR) is 49.8 cm³/mol. The van der Waals surface area contributed by atoms with E-state index in [1.165, 1.54) is 32.1 Å². The van der Waals surface area contributed by atoms with Crippen molar-refractivity contribution in [3.05, 3.63) is 17.5 Å². The molecule has 0 spiro atoms. The van der Waals surface area contributed by atoms with Crippen molar-refractivity contribution < 1.29 is 4.79 Å². The van der Waals surface area contributed by atoms with E-state index in [9.17, 15) is 4.79 Å². The molecule has 0 radical (unpaired) electrons. The van der Waals surface area contributed by atoms with Gasteiger partial charge in [-0.1, -0.05) is 19.3 Å². The van der Waals surface area contributed by atoms with Gasteiger partial charge in [0.2, 0.25) is 0 Å². The lowest BCUT2D eigenvalue weighted by Crippen LogP contribution is -2.05. The summed E-state index contributed by atoms with van der Waals surface area (Å²) in [6, 6.07) is 0. The van der Waals surface area contributed by atoms with Crippen LogP contribution in [-0.4, -0.2) is 16.5 Å². The topological polar surface area (TPSA) is 45.8 Å². The Kier molecular flexibility index (Phi) is 2.43. The number of hydrogen-bond donors (Lipinski definition) is 1. The van der Waals surface area contributed by atoms with Gasteiger partial charge in [0.05, 0.1) is 6.20 Å². The second kappa shape index (κ2) is 3.73. The van der Waals surface area contributed by atoms with Gasteiger partial charge in [0, 0.05) is 5.56 Å². The number of aldehydes is 1. The number of carbonyl (C=O) groups is 1. The summed E-state index contributed by atoms with van der Waals surface area (Å²) < 4.78 is 0. The van der Waals surface area contributed by atoms with Crippen LogP contribution in [0.2, 0.25) is 0 Å². The van der Waals surface area contributed by atoms with Crippen LogP contribution in [-0.2, 0) is 0 Å². The first kappa shape index (κ1) is 8.48. The number of aromatic nitrogens is 2. The first-order valence-corrected chi connectivity index (χ1v) is 4.90. The molecule has 1 aromatic rings. The van der Waals surface area contributed by atoms with Gasteiger partial charge in [-0.2, -0.15) is 5.10 Å². The van der Waals surface area contributed by atoms with Crippen molar-refractivity contribution in [2.24, 2.45) is 0 Å². The van der Waals surface area contributed by atoms with Crippen molar-refractivity contribution in [3.63, 3.8) is 0 Å². The standard InChI is InChI=1S/C10H14N2O/c13-7-10-9(6-11-12-10)8-4-2-1-3-5-8/h6-8H,1-5H2,(H,11,12). The Morgan fingerprint density at radius 3 is 2.85 bits per heavy atom. The molecule has 0 amide bonds. The Hall–Kier alpha value is -1.12. The number of hydrogen-bond acceptors (Lipinski definition) is 2. The minimum atomic E-state index is 0.563. The lowest BCUT2D eigenvalue weighted by atomic mass is 9.84. The summed E-state index contributed by atoms with van der Waals surface area (Å²) in [5.74, 6) is 0.563. The number of rotatable bonds is 2. The van der Waals surface area contributed by atoms with Crippen LogP contribution < -0.4 is 0 Å². The molecule has 3 heteroatoms. The third-order valence-electron chi connectivity index (χ3n) is 2.86. The second-order valence-corrected chi connectivity index (χ2v) is 3.69. The highest BCUT2D eigenvalue weighted by molar-refractivity contribution is 5.74. The van der Waals surface area contributed by atoms with Crippen molar-refractivity contribution >= 4 is 6.29 Å². The first-order chi connectivity index (χ1) is 6.42. The van der Waals surface area contributed by atoms with Gasteiger partial charge in [-0.15, -0.1) is 0 Å². The summed E-state index contributed by atoms with van der Waals surface area (Å²) in [4.78, 5) is 10.7. The monoisotopic (exact) mass is 178 g/mol. The number of nitrogens with one attached hydrogen (secondary N) is 1. The van der Waals surface area contributed by atoms with Crippen LogP contribution in [0.4, 0.5) is 0 Å². The molecular weight excluding hydrogens is 164 g/mol. The SMILES string of the molecule is O=Cc1[nH]ncc1C1CCCCC1. The van der Waals surface area contributed by atoms with Crippen molar-refractivity contribution in [1.82, 2.24) is 10.2 Å². The summed E-state index contributed by atoms with van der Waals surface area (Å²) in [6.07, 6.45) is 9.00. The van der Waals surface area contributed by atoms with E-state index in [1.54, 1.807) is 6.20 Å². The fourth-order valence-corrected chi connectivity index (χ4v) is 2.14. The molecule has 3 nitrogen and oxygen atoms in total. The Morgan fingerprint density at radius 2 is 2.15 bits per heavy atom. The van der Waals surface area contributed by atoms with Gasteiger partial charge in [0.25, 0.3) is 0 Å². The van der Waals surface area contributed by atoms with Crippen molar-refractivity contribution in [2.75, 3.05) is 0 Å². The average Bonchev–Trinajstić information content (AvgIpc) is 2.67. The quantitative estimate of drug-likeness (QED) is 0.706. The maximum atomic E-state index is 10.7. The minimum Gasteiger partial charge on any atom is -0.296 e. The highest BCUT2D eigenvalue weighted by Crippen LogP contribution is 2.33. The third kappa shape index (κ3) is 1.64. The molecule has 1 aromatic heterocycles. The van der Waals surface area contributed by atoms with Gasteiger partial charge in [0.15, 0.2) is 6.29 Å². The van der Waals surface area contributed by atoms with E-state index < -0.39 is 0 Å². The van der Waals surface area contributed by atoms with E-state index in [2.05, 4.69) is 10.2 Å². The molecule has 1 N–H and O–H groups in total. The number of aromatic amines is 1. The minimum absolute atomic E-state index is 0.563. The smallest absolute Gasteiger partial charge is 0.168 e. The van der Waals surface area contributed by atoms with E-state index in [0.717, 1.165) is 11.8 Å². The van der Waals surface area contributed by atoms with Crippen LogP contribution in [0.5, 0.6) is 0 Å². The van der Waals surface area contributed by atoms with E-state index in [4.69, 9.17) is 0 Å². The Bertz CT molecular complexity index is 287. The fraction of sp³-hybridized carbons (Fsp3) is 0.600. The predicted octanol–water partition coefficient (Wildman–Crippen LogP) is 2.27. The Morgan fingerprint density at radius 1 is 1.38 bits per heavy atom. The van der Waals surface area contributed by atoms with Gasteiger partial charge >= 0.3 is 0 Å². The van der Waals surface area contributed by atoms with Crippen molar-refractivity contribution in [2.45, 2.75) is 38.0 Å². The Balaban J connectivity index is 2.17. The van der Waals surface area contributed by atoms with Gasteiger partial charge < -0.3 is 0 Å². The molecule has 0 unspecified atom stereocenters. The molecule has 0 bridgehead atoms. The highest BCUT2D eigenvalue weighted by atomic mass is 16.1. The van der Waals surface area contributed by atoms with Crippen LogP contribution in [0.1, 0.15) is 54.1 Å². The largest absolute Gasteiger partial charge is 0.296 e. The lowest BCUT2D eigenvalue weighted by molar-refractivity contribution is 0.111. The maximum Gasteiger partial charge on any atom is 0.168 e. The molecule has 0 aromatic carbocycles. The first-order valence-electron chi connectivity index (χ1n) is 4.90. The summed E-state index contributed by atoms with van der Waals surface area (Å²) >= 11 is 0. The zero-order chi connectivity index (χ0) is 9.10. The molecule has 13 heavy (non-hydrogen) atoms. The molecule has 0 saturated heterocycles. The van der Waals surface area contributed by atoms with Crippen molar-refractivity contribution in [3.8, 4) is 0 Å². The number of carbonyl (C=O) groups excluding carboxylic acids is 1. The summed E-state index contributed by atoms with van der Waals surface area (Å²) in [7, 11) is 0. The zero-order valence-electron chi connectivity index (χ0n) is 7.62. The van der Waals surface area contributed by atoms with Crippen LogP contribution in [0.3, 0.4) is 0 Å². The molecular formula is C10H14N2O. The van der Waals surface area contributed by atoms with Gasteiger partial charge in [-0.25, -0.2) is 0 Å². The van der Waals surface area contributed by atoms with Gasteiger partial charge in [0.1, 0.15) is 5.69 Å². The molecule has 1 fully saturated rings. The summed E-state index contributed by atoms with van der Waals surface area (Å²) in [5.41, 5.74) is 1.79. The van der Waals surface area contributed by atoms with E-state index in [1.807, 2.05) is 0 Å². The van der Waals surface area contributed by atoms with Gasteiger partial charge in [-0.3, -0.25) is 9.89 Å². The van der Waals surface area contributed by atoms with Gasteiger partial charge in [-0.05, 0) is 18.8 Å². The zero-order valence-corrected chi connectivity index (χ0v) is 7.62. The fourth-order valence-electron chi connectivity index (χ4n) is 2.14. The molecule has 0 aliphatic heterocycles. The molecule has 70 valence electrons. The normalized spacial score (nSPS) is 18.8. The molecule has 1 aliphatic rings. The second-order valence-electron chi connectivity index (χ2n) is 3.69. The van der Waals surface area contributed by atoms with Crippen LogP contribution >= 0.6 is 0 Å². The number of nitrogens with zero attached hydrogens (tertiary/aromatic N) is 1. The van der Waals surface area contributed by atoms with Crippen LogP contribution in [0.25, 0.3) is 0 Å². The molecule has 1 saturated carbocycles. The summed E-state index contributed by atoms with van der Waals surface area (Å²) in [5, 5.41) is 6.65. The lowest BCUT2D eigenvalue weighted by Gasteiger charge is -2.20. The summed E-state index contributed by atoms with van der Waals surface area (Å²) in [6.45, 7) is 0. The van der Waals surface area contributed by atoms with E-state index in [0.29, 0.717) is 11.6 Å². The molecule has 0 atom stereocenters. The molecule has 2 rings (SSSR count). The molecule has 1 aliphatic carbocycles. The average molecular weight is 178 g/mol. The van der Waals surface area contributed by atoms with E-state index in [-0.39, 0.29) is 0 Å². The van der Waals surface area contributed by atoms with Crippen LogP contribution in [0, 0.1) is 0 Å².